The summed E-state index contributed by atoms with van der Waals surface area (Å²) in [6.45, 7) is 19.2. The molecule has 304 valence electrons. The van der Waals surface area contributed by atoms with Crippen LogP contribution in [0.25, 0.3) is 0 Å². The SMILES string of the molecule is CC(C)C1=C2C3CCC4C5(C)CCC(OC(=O)CC(C)(C)C(=O)O)C(C)(C)C5CCC4(C)C3(C)CCC2(C(O)CN(CCO)C(=O)c2ccccc2)CC1=O. The summed E-state index contributed by atoms with van der Waals surface area (Å²) < 4.78 is 6.16. The first-order valence-corrected chi connectivity index (χ1v) is 20.9. The average Bonchev–Trinajstić information content (AvgIpc) is 3.42. The van der Waals surface area contributed by atoms with Crippen molar-refractivity contribution in [2.45, 2.75) is 139 Å². The monoisotopic (exact) mass is 761 g/mol. The number of aliphatic hydroxyl groups excluding tert-OH is 2. The number of fused-ring (bicyclic) bond motifs is 7. The highest BCUT2D eigenvalue weighted by Crippen LogP contribution is 2.77. The topological polar surface area (TPSA) is 141 Å². The summed E-state index contributed by atoms with van der Waals surface area (Å²) in [6, 6.07) is 8.98. The van der Waals surface area contributed by atoms with Gasteiger partial charge in [-0.05, 0) is 123 Å². The van der Waals surface area contributed by atoms with Crippen LogP contribution in [0.2, 0.25) is 0 Å². The number of hydrogen-bond donors (Lipinski definition) is 3. The minimum absolute atomic E-state index is 0.00508. The van der Waals surface area contributed by atoms with Crippen LogP contribution < -0.4 is 0 Å². The number of esters is 1. The van der Waals surface area contributed by atoms with E-state index in [1.165, 1.54) is 0 Å². The van der Waals surface area contributed by atoms with Crippen LogP contribution in [0.15, 0.2) is 41.5 Å². The number of benzene rings is 1. The van der Waals surface area contributed by atoms with Gasteiger partial charge in [0.05, 0.1) is 24.5 Å². The predicted molar refractivity (Wildman–Crippen MR) is 211 cm³/mol. The van der Waals surface area contributed by atoms with Crippen LogP contribution in [0.5, 0.6) is 0 Å². The highest BCUT2D eigenvalue weighted by molar-refractivity contribution is 6.01. The summed E-state index contributed by atoms with van der Waals surface area (Å²) in [7, 11) is 0. The molecule has 9 unspecified atom stereocenters. The van der Waals surface area contributed by atoms with Crippen LogP contribution in [-0.4, -0.2) is 75.8 Å². The summed E-state index contributed by atoms with van der Waals surface area (Å²) in [4.78, 5) is 54.3. The number of carboxylic acids is 1. The van der Waals surface area contributed by atoms with Gasteiger partial charge in [0, 0.05) is 35.9 Å². The molecule has 0 aliphatic heterocycles. The van der Waals surface area contributed by atoms with Gasteiger partial charge in [0.25, 0.3) is 5.91 Å². The fourth-order valence-corrected chi connectivity index (χ4v) is 13.5. The lowest BCUT2D eigenvalue weighted by atomic mass is 9.33. The number of ketones is 1. The van der Waals surface area contributed by atoms with Crippen molar-refractivity contribution in [3.05, 3.63) is 47.0 Å². The standard InChI is InChI=1S/C46H67NO8/c1-28(2)37-31(49)25-46(34(50)27-47(23-24-48)39(52)29-13-11-10-12-14-29)22-21-44(8)30(38(37)46)15-16-33-43(7)19-18-35(55-36(51)26-41(3,4)40(53)54)42(5,6)32(43)17-20-45(33,44)9/h10-14,28,30,32-35,48,50H,15-27H2,1-9H3,(H,53,54). The van der Waals surface area contributed by atoms with Gasteiger partial charge < -0.3 is 25.0 Å². The number of nitrogens with zero attached hydrogens (tertiary/aromatic N) is 1. The number of carboxylic acid groups (broad SMARTS) is 1. The molecule has 0 radical (unpaired) electrons. The maximum absolute atomic E-state index is 14.2. The third kappa shape index (κ3) is 6.51. The minimum atomic E-state index is -1.19. The van der Waals surface area contributed by atoms with Crippen LogP contribution in [0.4, 0.5) is 0 Å². The third-order valence-corrected chi connectivity index (χ3v) is 16.6. The number of allylic oxidation sites excluding steroid dienone is 1. The Kier molecular flexibility index (Phi) is 10.9. The summed E-state index contributed by atoms with van der Waals surface area (Å²) in [5.41, 5.74) is 0.164. The van der Waals surface area contributed by atoms with Gasteiger partial charge >= 0.3 is 11.9 Å². The number of aliphatic hydroxyl groups is 2. The van der Waals surface area contributed by atoms with E-state index in [2.05, 4.69) is 48.5 Å². The molecular weight excluding hydrogens is 695 g/mol. The van der Waals surface area contributed by atoms with E-state index >= 15 is 0 Å². The Hall–Kier alpha value is -3.04. The van der Waals surface area contributed by atoms with Crippen molar-refractivity contribution < 1.29 is 39.2 Å². The Morgan fingerprint density at radius 2 is 1.58 bits per heavy atom. The van der Waals surface area contributed by atoms with Gasteiger partial charge in [-0.1, -0.05) is 72.2 Å². The fourth-order valence-electron chi connectivity index (χ4n) is 13.5. The van der Waals surface area contributed by atoms with E-state index in [1.807, 2.05) is 18.2 Å². The number of carbonyl (C=O) groups excluding carboxylic acids is 3. The van der Waals surface area contributed by atoms with E-state index < -0.39 is 28.9 Å². The van der Waals surface area contributed by atoms with Gasteiger partial charge in [-0.3, -0.25) is 19.2 Å². The second kappa shape index (κ2) is 14.4. The zero-order valence-electron chi connectivity index (χ0n) is 34.9. The van der Waals surface area contributed by atoms with Crippen molar-refractivity contribution >= 4 is 23.6 Å². The van der Waals surface area contributed by atoms with E-state index in [-0.39, 0.29) is 83.8 Å². The molecule has 9 atom stereocenters. The number of carbonyl (C=O) groups is 4. The van der Waals surface area contributed by atoms with Gasteiger partial charge in [-0.15, -0.1) is 0 Å². The predicted octanol–water partition coefficient (Wildman–Crippen LogP) is 7.88. The van der Waals surface area contributed by atoms with Crippen molar-refractivity contribution in [2.24, 2.45) is 56.2 Å². The molecule has 0 spiro atoms. The Balaban J connectivity index is 1.30. The number of Topliss-reactive ketones (excluding diaryl/α,β-unsaturated/α-hetero) is 1. The van der Waals surface area contributed by atoms with Crippen LogP contribution in [0.3, 0.4) is 0 Å². The van der Waals surface area contributed by atoms with E-state index in [0.29, 0.717) is 23.8 Å². The van der Waals surface area contributed by atoms with Crippen molar-refractivity contribution in [1.82, 2.24) is 4.90 Å². The first-order valence-electron chi connectivity index (χ1n) is 20.9. The van der Waals surface area contributed by atoms with E-state index in [0.717, 1.165) is 56.1 Å². The summed E-state index contributed by atoms with van der Waals surface area (Å²) in [6.07, 6.45) is 6.03. The number of rotatable bonds is 11. The summed E-state index contributed by atoms with van der Waals surface area (Å²) >= 11 is 0. The van der Waals surface area contributed by atoms with Crippen molar-refractivity contribution in [2.75, 3.05) is 19.7 Å². The smallest absolute Gasteiger partial charge is 0.309 e. The molecule has 9 heteroatoms. The average molecular weight is 762 g/mol. The highest BCUT2D eigenvalue weighted by Gasteiger charge is 2.71. The Labute approximate surface area is 328 Å². The van der Waals surface area contributed by atoms with E-state index in [4.69, 9.17) is 4.74 Å². The lowest BCUT2D eigenvalue weighted by molar-refractivity contribution is -0.235. The van der Waals surface area contributed by atoms with Gasteiger partial charge in [-0.25, -0.2) is 0 Å². The van der Waals surface area contributed by atoms with Crippen LogP contribution >= 0.6 is 0 Å². The van der Waals surface area contributed by atoms with Gasteiger partial charge in [0.15, 0.2) is 5.78 Å². The minimum Gasteiger partial charge on any atom is -0.481 e. The molecule has 5 aliphatic rings. The van der Waals surface area contributed by atoms with Crippen LogP contribution in [0, 0.1) is 56.2 Å². The van der Waals surface area contributed by atoms with Crippen LogP contribution in [-0.2, 0) is 19.1 Å². The van der Waals surface area contributed by atoms with E-state index in [1.54, 1.807) is 30.9 Å². The fraction of sp³-hybridized carbons (Fsp3) is 0.739. The molecule has 4 fully saturated rings. The Bertz CT molecular complexity index is 1710. The molecule has 1 aromatic carbocycles. The molecule has 0 heterocycles. The number of hydrogen-bond acceptors (Lipinski definition) is 7. The molecule has 0 saturated heterocycles. The lowest BCUT2D eigenvalue weighted by Crippen LogP contribution is -2.66. The molecular formula is C46H67NO8. The quantitative estimate of drug-likeness (QED) is 0.194. The molecule has 9 nitrogen and oxygen atoms in total. The van der Waals surface area contributed by atoms with Crippen molar-refractivity contribution in [3.63, 3.8) is 0 Å². The van der Waals surface area contributed by atoms with E-state index in [9.17, 15) is 34.5 Å². The van der Waals surface area contributed by atoms with Gasteiger partial charge in [0.1, 0.15) is 6.10 Å². The third-order valence-electron chi connectivity index (χ3n) is 16.6. The number of ether oxygens (including phenoxy) is 1. The summed E-state index contributed by atoms with van der Waals surface area (Å²) in [5, 5.41) is 32.0. The first-order chi connectivity index (χ1) is 25.6. The molecule has 3 N–H and O–H groups in total. The van der Waals surface area contributed by atoms with Crippen LogP contribution in [0.1, 0.15) is 137 Å². The second-order valence-corrected chi connectivity index (χ2v) is 20.4. The molecule has 0 aromatic heterocycles. The van der Waals surface area contributed by atoms with Crippen molar-refractivity contribution in [1.29, 1.82) is 0 Å². The zero-order chi connectivity index (χ0) is 40.5. The Morgan fingerprint density at radius 3 is 2.20 bits per heavy atom. The highest BCUT2D eigenvalue weighted by atomic mass is 16.5. The Morgan fingerprint density at radius 1 is 0.909 bits per heavy atom. The maximum Gasteiger partial charge on any atom is 0.309 e. The first kappa shape index (κ1) is 41.6. The largest absolute Gasteiger partial charge is 0.481 e. The molecule has 1 amide bonds. The number of amides is 1. The van der Waals surface area contributed by atoms with Gasteiger partial charge in [-0.2, -0.15) is 0 Å². The molecule has 4 saturated carbocycles. The molecule has 5 aliphatic carbocycles. The lowest BCUT2D eigenvalue weighted by Gasteiger charge is -2.72. The summed E-state index contributed by atoms with van der Waals surface area (Å²) in [5.74, 6) is -0.690. The molecule has 0 bridgehead atoms. The number of aliphatic carboxylic acids is 1. The second-order valence-electron chi connectivity index (χ2n) is 20.4. The zero-order valence-corrected chi connectivity index (χ0v) is 34.9. The van der Waals surface area contributed by atoms with Gasteiger partial charge in [0.2, 0.25) is 0 Å². The van der Waals surface area contributed by atoms with Crippen molar-refractivity contribution in [3.8, 4) is 0 Å². The molecule has 1 aromatic rings. The maximum atomic E-state index is 14.2. The normalized spacial score (nSPS) is 36.0. The molecule has 6 rings (SSSR count). The molecule has 55 heavy (non-hydrogen) atoms.